The Kier molecular flexibility index (Phi) is 3.47. The highest BCUT2D eigenvalue weighted by molar-refractivity contribution is 8.93. The molecule has 3 heteroatoms. The fourth-order valence-electron chi connectivity index (χ4n) is 1.32. The largest absolute Gasteiger partial charge is 0.361 e. The molecule has 1 aromatic rings. The molecule has 0 aromatic heterocycles. The van der Waals surface area contributed by atoms with Crippen LogP contribution in [0.2, 0.25) is 0 Å². The predicted molar refractivity (Wildman–Crippen MR) is 60.5 cm³/mol. The minimum absolute atomic E-state index is 0. The van der Waals surface area contributed by atoms with Gasteiger partial charge in [-0.3, -0.25) is 0 Å². The zero-order valence-electron chi connectivity index (χ0n) is 6.99. The van der Waals surface area contributed by atoms with Gasteiger partial charge in [-0.15, -0.1) is 28.7 Å². The Hall–Kier alpha value is -0.150. The molecule has 0 spiro atoms. The zero-order chi connectivity index (χ0) is 7.68. The number of hydrogen-bond donors (Lipinski definition) is 0. The number of fused-ring (bicyclic) bond motifs is 1. The van der Waals surface area contributed by atoms with Gasteiger partial charge in [-0.05, 0) is 19.1 Å². The molecule has 0 fully saturated rings. The molecule has 0 N–H and O–H groups in total. The Balaban J connectivity index is 0.000000720. The van der Waals surface area contributed by atoms with E-state index in [0.29, 0.717) is 0 Å². The van der Waals surface area contributed by atoms with Gasteiger partial charge < -0.3 is 4.90 Å². The molecule has 1 nitrogen and oxygen atoms in total. The Morgan fingerprint density at radius 1 is 1.42 bits per heavy atom. The van der Waals surface area contributed by atoms with Gasteiger partial charge in [0.2, 0.25) is 0 Å². The maximum absolute atomic E-state index is 2.39. The molecule has 0 bridgehead atoms. The molecular weight excluding hydrogens is 234 g/mol. The van der Waals surface area contributed by atoms with Crippen molar-refractivity contribution < 1.29 is 0 Å². The third-order valence-electron chi connectivity index (χ3n) is 1.96. The minimum atomic E-state index is 0. The third kappa shape index (κ3) is 1.62. The van der Waals surface area contributed by atoms with E-state index in [1.165, 1.54) is 10.6 Å². The van der Waals surface area contributed by atoms with Gasteiger partial charge in [0.05, 0.1) is 11.6 Å². The number of anilines is 1. The highest BCUT2D eigenvalue weighted by Crippen LogP contribution is 2.37. The molecule has 0 radical (unpaired) electrons. The van der Waals surface area contributed by atoms with Crippen LogP contribution in [0, 0.1) is 0 Å². The molecule has 66 valence electrons. The van der Waals surface area contributed by atoms with Crippen LogP contribution in [0.25, 0.3) is 0 Å². The predicted octanol–water partition coefficient (Wildman–Crippen LogP) is 3.15. The zero-order valence-corrected chi connectivity index (χ0v) is 9.52. The van der Waals surface area contributed by atoms with Crippen molar-refractivity contribution in [2.24, 2.45) is 0 Å². The van der Waals surface area contributed by atoms with E-state index in [0.717, 1.165) is 12.4 Å². The second-order valence-corrected chi connectivity index (χ2v) is 3.58. The van der Waals surface area contributed by atoms with Crippen molar-refractivity contribution in [3.63, 3.8) is 0 Å². The average Bonchev–Trinajstić information content (AvgIpc) is 2.47. The summed E-state index contributed by atoms with van der Waals surface area (Å²) < 4.78 is 0. The molecule has 0 unspecified atom stereocenters. The Morgan fingerprint density at radius 3 is 2.92 bits per heavy atom. The normalized spacial score (nSPS) is 13.9. The third-order valence-corrected chi connectivity index (χ3v) is 3.06. The van der Waals surface area contributed by atoms with Crippen LogP contribution in [0.4, 0.5) is 5.69 Å². The topological polar surface area (TPSA) is 3.24 Å². The number of rotatable bonds is 1. The van der Waals surface area contributed by atoms with Crippen molar-refractivity contribution >= 4 is 34.4 Å². The van der Waals surface area contributed by atoms with Gasteiger partial charge in [0.25, 0.3) is 0 Å². The number of para-hydroxylation sites is 1. The van der Waals surface area contributed by atoms with E-state index in [2.05, 4.69) is 36.1 Å². The molecule has 1 aliphatic heterocycles. The summed E-state index contributed by atoms with van der Waals surface area (Å²) in [4.78, 5) is 3.81. The fourth-order valence-corrected chi connectivity index (χ4v) is 2.46. The molecule has 0 saturated carbocycles. The lowest BCUT2D eigenvalue weighted by Gasteiger charge is -2.14. The summed E-state index contributed by atoms with van der Waals surface area (Å²) >= 11 is 1.93. The molecule has 12 heavy (non-hydrogen) atoms. The van der Waals surface area contributed by atoms with E-state index in [4.69, 9.17) is 0 Å². The first-order valence-electron chi connectivity index (χ1n) is 3.88. The summed E-state index contributed by atoms with van der Waals surface area (Å²) in [5.41, 5.74) is 1.40. The van der Waals surface area contributed by atoms with Crippen LogP contribution in [0.1, 0.15) is 6.92 Å². The summed E-state index contributed by atoms with van der Waals surface area (Å²) in [6, 6.07) is 8.59. The highest BCUT2D eigenvalue weighted by Gasteiger charge is 2.16. The van der Waals surface area contributed by atoms with Crippen molar-refractivity contribution in [2.75, 3.05) is 17.3 Å². The molecule has 0 aliphatic carbocycles. The first kappa shape index (κ1) is 9.93. The van der Waals surface area contributed by atoms with Gasteiger partial charge in [-0.1, -0.05) is 12.1 Å². The lowest BCUT2D eigenvalue weighted by atomic mass is 10.3. The van der Waals surface area contributed by atoms with Crippen LogP contribution in [0.15, 0.2) is 29.2 Å². The summed E-state index contributed by atoms with van der Waals surface area (Å²) in [6.07, 6.45) is 0. The Bertz CT molecular complexity index is 264. The monoisotopic (exact) mass is 245 g/mol. The quantitative estimate of drug-likeness (QED) is 0.748. The van der Waals surface area contributed by atoms with E-state index < -0.39 is 0 Å². The molecule has 0 saturated heterocycles. The van der Waals surface area contributed by atoms with Crippen LogP contribution < -0.4 is 4.90 Å². The maximum Gasteiger partial charge on any atom is 0.0686 e. The Labute approximate surface area is 87.9 Å². The van der Waals surface area contributed by atoms with Gasteiger partial charge in [0.1, 0.15) is 0 Å². The summed E-state index contributed by atoms with van der Waals surface area (Å²) in [5, 5.41) is 0. The number of halogens is 1. The lowest BCUT2D eigenvalue weighted by Crippen LogP contribution is -2.17. The van der Waals surface area contributed by atoms with Crippen LogP contribution in [0.3, 0.4) is 0 Å². The molecule has 0 atom stereocenters. The van der Waals surface area contributed by atoms with E-state index in [-0.39, 0.29) is 17.0 Å². The lowest BCUT2D eigenvalue weighted by molar-refractivity contribution is 0.951. The molecule has 0 amide bonds. The van der Waals surface area contributed by atoms with Gasteiger partial charge in [-0.2, -0.15) is 0 Å². The van der Waals surface area contributed by atoms with Crippen molar-refractivity contribution in [1.29, 1.82) is 0 Å². The van der Waals surface area contributed by atoms with E-state index in [9.17, 15) is 0 Å². The first-order valence-corrected chi connectivity index (χ1v) is 4.87. The van der Waals surface area contributed by atoms with Crippen LogP contribution in [-0.2, 0) is 0 Å². The summed E-state index contributed by atoms with van der Waals surface area (Å²) in [5.74, 6) is 1.12. The van der Waals surface area contributed by atoms with Crippen LogP contribution >= 0.6 is 28.7 Å². The van der Waals surface area contributed by atoms with Crippen molar-refractivity contribution in [2.45, 2.75) is 11.8 Å². The van der Waals surface area contributed by atoms with Crippen molar-refractivity contribution in [3.05, 3.63) is 24.3 Å². The summed E-state index contributed by atoms with van der Waals surface area (Å²) in [6.45, 7) is 3.31. The number of benzene rings is 1. The van der Waals surface area contributed by atoms with Crippen molar-refractivity contribution in [1.82, 2.24) is 0 Å². The second kappa shape index (κ2) is 4.19. The minimum Gasteiger partial charge on any atom is -0.361 e. The van der Waals surface area contributed by atoms with E-state index in [1.807, 2.05) is 11.8 Å². The molecule has 1 heterocycles. The van der Waals surface area contributed by atoms with Gasteiger partial charge >= 0.3 is 0 Å². The second-order valence-electron chi connectivity index (χ2n) is 2.60. The molecule has 1 aromatic carbocycles. The van der Waals surface area contributed by atoms with Crippen molar-refractivity contribution in [3.8, 4) is 0 Å². The smallest absolute Gasteiger partial charge is 0.0686 e. The van der Waals surface area contributed by atoms with Crippen LogP contribution in [-0.4, -0.2) is 12.4 Å². The molecule has 1 aliphatic rings. The first-order chi connectivity index (χ1) is 5.42. The Morgan fingerprint density at radius 2 is 2.17 bits per heavy atom. The number of thioether (sulfide) groups is 1. The average molecular weight is 246 g/mol. The van der Waals surface area contributed by atoms with Gasteiger partial charge in [-0.25, -0.2) is 0 Å². The highest BCUT2D eigenvalue weighted by atomic mass is 79.9. The molecular formula is C9H12BrNS. The van der Waals surface area contributed by atoms with E-state index in [1.54, 1.807) is 0 Å². The van der Waals surface area contributed by atoms with E-state index >= 15 is 0 Å². The molecule has 2 rings (SSSR count). The standard InChI is InChI=1S/C9H11NS.BrH/c1-2-10-7-11-9-6-4-3-5-8(9)10;/h3-6H,2,7H2,1H3;1H. The van der Waals surface area contributed by atoms with Crippen LogP contribution in [0.5, 0.6) is 0 Å². The van der Waals surface area contributed by atoms with Gasteiger partial charge in [0, 0.05) is 11.4 Å². The number of hydrogen-bond acceptors (Lipinski definition) is 2. The number of nitrogens with zero attached hydrogens (tertiary/aromatic N) is 1. The fraction of sp³-hybridized carbons (Fsp3) is 0.333. The maximum atomic E-state index is 2.39. The van der Waals surface area contributed by atoms with Gasteiger partial charge in [0.15, 0.2) is 0 Å². The SMILES string of the molecule is Br.CCN1CSc2ccccc21. The summed E-state index contributed by atoms with van der Waals surface area (Å²) in [7, 11) is 0.